The van der Waals surface area contributed by atoms with Gasteiger partial charge in [0.2, 0.25) is 5.91 Å². The van der Waals surface area contributed by atoms with Gasteiger partial charge >= 0.3 is 0 Å². The molecular weight excluding hydrogens is 368 g/mol. The van der Waals surface area contributed by atoms with Crippen molar-refractivity contribution in [1.29, 1.82) is 0 Å². The molecule has 156 valence electrons. The normalized spacial score (nSPS) is 15.5. The molecule has 0 radical (unpaired) electrons. The molecule has 6 heteroatoms. The van der Waals surface area contributed by atoms with Crippen LogP contribution in [-0.2, 0) is 16.0 Å². The van der Waals surface area contributed by atoms with Crippen LogP contribution in [-0.4, -0.2) is 57.9 Å². The summed E-state index contributed by atoms with van der Waals surface area (Å²) in [5.41, 5.74) is 2.18. The Hall–Kier alpha value is -2.57. The molecule has 1 saturated heterocycles. The molecule has 2 aromatic rings. The third-order valence-electron chi connectivity index (χ3n) is 5.27. The van der Waals surface area contributed by atoms with Crippen LogP contribution in [0.15, 0.2) is 48.5 Å². The Labute approximate surface area is 172 Å². The first-order valence-corrected chi connectivity index (χ1v) is 10.1. The van der Waals surface area contributed by atoms with Crippen LogP contribution in [0.4, 0.5) is 0 Å². The molecule has 0 aromatic heterocycles. The van der Waals surface area contributed by atoms with Gasteiger partial charge in [-0.1, -0.05) is 30.3 Å². The van der Waals surface area contributed by atoms with Gasteiger partial charge in [-0.05, 0) is 35.7 Å². The summed E-state index contributed by atoms with van der Waals surface area (Å²) in [4.78, 5) is 14.9. The Morgan fingerprint density at radius 1 is 1.10 bits per heavy atom. The lowest BCUT2D eigenvalue weighted by atomic mass is 10.0. The molecule has 2 aromatic carbocycles. The van der Waals surface area contributed by atoms with E-state index in [9.17, 15) is 4.79 Å². The third kappa shape index (κ3) is 5.95. The van der Waals surface area contributed by atoms with Crippen molar-refractivity contribution in [2.45, 2.75) is 18.9 Å². The predicted octanol–water partition coefficient (Wildman–Crippen LogP) is 2.83. The first kappa shape index (κ1) is 21.1. The van der Waals surface area contributed by atoms with Crippen LogP contribution < -0.4 is 14.8 Å². The number of aryl methyl sites for hydroxylation is 1. The maximum absolute atomic E-state index is 12.6. The number of ether oxygens (including phenoxy) is 3. The van der Waals surface area contributed by atoms with E-state index < -0.39 is 0 Å². The zero-order chi connectivity index (χ0) is 20.5. The van der Waals surface area contributed by atoms with Crippen molar-refractivity contribution in [2.24, 2.45) is 0 Å². The largest absolute Gasteiger partial charge is 0.497 e. The van der Waals surface area contributed by atoms with Crippen LogP contribution in [0.3, 0.4) is 0 Å². The first-order valence-electron chi connectivity index (χ1n) is 10.1. The molecule has 0 saturated carbocycles. The number of rotatable bonds is 9. The minimum atomic E-state index is 0.0315. The number of carbonyl (C=O) groups excluding carboxylic acids is 1. The predicted molar refractivity (Wildman–Crippen MR) is 112 cm³/mol. The Balaban J connectivity index is 1.59. The maximum Gasteiger partial charge on any atom is 0.220 e. The van der Waals surface area contributed by atoms with Crippen LogP contribution in [0, 0.1) is 0 Å². The second-order valence-corrected chi connectivity index (χ2v) is 7.06. The van der Waals surface area contributed by atoms with Crippen LogP contribution in [0.1, 0.15) is 23.6 Å². The molecule has 1 heterocycles. The number of hydrogen-bond donors (Lipinski definition) is 1. The number of hydrogen-bond acceptors (Lipinski definition) is 5. The SMILES string of the molecule is COc1ccc(OC)c(CCC(=O)NCC(c2ccccc2)N2CCOCC2)c1. The van der Waals surface area contributed by atoms with Gasteiger partial charge in [0.05, 0.1) is 33.5 Å². The van der Waals surface area contributed by atoms with Gasteiger partial charge in [-0.3, -0.25) is 9.69 Å². The summed E-state index contributed by atoms with van der Waals surface area (Å²) in [5.74, 6) is 1.57. The van der Waals surface area contributed by atoms with E-state index in [2.05, 4.69) is 22.3 Å². The molecule has 1 unspecified atom stereocenters. The van der Waals surface area contributed by atoms with Gasteiger partial charge in [0.1, 0.15) is 11.5 Å². The van der Waals surface area contributed by atoms with Gasteiger partial charge in [-0.2, -0.15) is 0 Å². The monoisotopic (exact) mass is 398 g/mol. The number of morpholine rings is 1. The highest BCUT2D eigenvalue weighted by Gasteiger charge is 2.23. The van der Waals surface area contributed by atoms with Crippen molar-refractivity contribution in [3.63, 3.8) is 0 Å². The second-order valence-electron chi connectivity index (χ2n) is 7.06. The average molecular weight is 399 g/mol. The summed E-state index contributed by atoms with van der Waals surface area (Å²) in [7, 11) is 3.27. The fraction of sp³-hybridized carbons (Fsp3) is 0.435. The van der Waals surface area contributed by atoms with Crippen molar-refractivity contribution in [2.75, 3.05) is 47.1 Å². The third-order valence-corrected chi connectivity index (χ3v) is 5.27. The summed E-state index contributed by atoms with van der Waals surface area (Å²) in [6, 6.07) is 16.1. The minimum Gasteiger partial charge on any atom is -0.497 e. The van der Waals surface area contributed by atoms with E-state index in [0.29, 0.717) is 19.4 Å². The highest BCUT2D eigenvalue weighted by atomic mass is 16.5. The molecule has 1 N–H and O–H groups in total. The molecule has 0 aliphatic carbocycles. The van der Waals surface area contributed by atoms with Gasteiger partial charge < -0.3 is 19.5 Å². The van der Waals surface area contributed by atoms with Gasteiger partial charge in [-0.15, -0.1) is 0 Å². The van der Waals surface area contributed by atoms with E-state index in [-0.39, 0.29) is 11.9 Å². The molecule has 1 fully saturated rings. The Bertz CT molecular complexity index is 776. The summed E-state index contributed by atoms with van der Waals surface area (Å²) in [6.07, 6.45) is 0.994. The minimum absolute atomic E-state index is 0.0315. The van der Waals surface area contributed by atoms with Crippen LogP contribution in [0.2, 0.25) is 0 Å². The smallest absolute Gasteiger partial charge is 0.220 e. The molecule has 1 aliphatic heterocycles. The van der Waals surface area contributed by atoms with E-state index in [1.165, 1.54) is 5.56 Å². The fourth-order valence-electron chi connectivity index (χ4n) is 3.65. The lowest BCUT2D eigenvalue weighted by Gasteiger charge is -2.35. The van der Waals surface area contributed by atoms with Crippen molar-refractivity contribution < 1.29 is 19.0 Å². The van der Waals surface area contributed by atoms with Crippen molar-refractivity contribution >= 4 is 5.91 Å². The van der Waals surface area contributed by atoms with Crippen LogP contribution in [0.25, 0.3) is 0 Å². The highest BCUT2D eigenvalue weighted by Crippen LogP contribution is 2.25. The molecule has 6 nitrogen and oxygen atoms in total. The highest BCUT2D eigenvalue weighted by molar-refractivity contribution is 5.76. The summed E-state index contributed by atoms with van der Waals surface area (Å²) in [6.45, 7) is 3.78. The lowest BCUT2D eigenvalue weighted by Crippen LogP contribution is -2.43. The number of nitrogens with zero attached hydrogens (tertiary/aromatic N) is 1. The van der Waals surface area contributed by atoms with Gasteiger partial charge in [0.25, 0.3) is 0 Å². The number of amides is 1. The van der Waals surface area contributed by atoms with Gasteiger partial charge in [-0.25, -0.2) is 0 Å². The van der Waals surface area contributed by atoms with E-state index >= 15 is 0 Å². The number of nitrogens with one attached hydrogen (secondary N) is 1. The molecule has 3 rings (SSSR count). The van der Waals surface area contributed by atoms with E-state index in [1.54, 1.807) is 14.2 Å². The molecule has 0 spiro atoms. The topological polar surface area (TPSA) is 60.0 Å². The zero-order valence-corrected chi connectivity index (χ0v) is 17.2. The molecule has 0 bridgehead atoms. The quantitative estimate of drug-likeness (QED) is 0.704. The van der Waals surface area contributed by atoms with Crippen molar-refractivity contribution in [3.05, 3.63) is 59.7 Å². The number of benzene rings is 2. The van der Waals surface area contributed by atoms with Gasteiger partial charge in [0.15, 0.2) is 0 Å². The number of carbonyl (C=O) groups is 1. The summed E-state index contributed by atoms with van der Waals surface area (Å²) in [5, 5.41) is 3.12. The van der Waals surface area contributed by atoms with E-state index in [4.69, 9.17) is 14.2 Å². The Morgan fingerprint density at radius 2 is 1.86 bits per heavy atom. The van der Waals surface area contributed by atoms with E-state index in [0.717, 1.165) is 43.4 Å². The standard InChI is InChI=1S/C23H30N2O4/c1-27-20-9-10-22(28-2)19(16-20)8-11-23(26)24-17-21(18-6-4-3-5-7-18)25-12-14-29-15-13-25/h3-7,9-10,16,21H,8,11-15,17H2,1-2H3,(H,24,26). The molecular formula is C23H30N2O4. The second kappa shape index (κ2) is 10.8. The molecule has 1 amide bonds. The maximum atomic E-state index is 12.6. The Morgan fingerprint density at radius 3 is 2.55 bits per heavy atom. The molecule has 29 heavy (non-hydrogen) atoms. The van der Waals surface area contributed by atoms with Crippen molar-refractivity contribution in [3.8, 4) is 11.5 Å². The molecule has 1 atom stereocenters. The Kier molecular flexibility index (Phi) is 7.90. The zero-order valence-electron chi connectivity index (χ0n) is 17.2. The summed E-state index contributed by atoms with van der Waals surface area (Å²) < 4.78 is 16.2. The fourth-order valence-corrected chi connectivity index (χ4v) is 3.65. The van der Waals surface area contributed by atoms with Gasteiger partial charge in [0, 0.05) is 26.1 Å². The van der Waals surface area contributed by atoms with Crippen LogP contribution in [0.5, 0.6) is 11.5 Å². The van der Waals surface area contributed by atoms with E-state index in [1.807, 2.05) is 36.4 Å². The number of methoxy groups -OCH3 is 2. The average Bonchev–Trinajstić information content (AvgIpc) is 2.79. The lowest BCUT2D eigenvalue weighted by molar-refractivity contribution is -0.121. The summed E-state index contributed by atoms with van der Waals surface area (Å²) >= 11 is 0. The van der Waals surface area contributed by atoms with Crippen LogP contribution >= 0.6 is 0 Å². The van der Waals surface area contributed by atoms with Crippen molar-refractivity contribution in [1.82, 2.24) is 10.2 Å². The first-order chi connectivity index (χ1) is 14.2. The molecule has 1 aliphatic rings.